The Bertz CT molecular complexity index is 1160. The minimum absolute atomic E-state index is 0.122. The number of methoxy groups -OCH3 is 4. The molecule has 1 aromatic heterocycles. The van der Waals surface area contributed by atoms with E-state index >= 15 is 0 Å². The van der Waals surface area contributed by atoms with Crippen LogP contribution < -0.4 is 24.4 Å². The zero-order valence-corrected chi connectivity index (χ0v) is 20.5. The molecule has 0 spiro atoms. The molecule has 3 rings (SSSR count). The number of ether oxygens (including phenoxy) is 4. The van der Waals surface area contributed by atoms with Gasteiger partial charge in [0, 0.05) is 17.7 Å². The number of rotatable bonds is 11. The predicted molar refractivity (Wildman–Crippen MR) is 130 cm³/mol. The fourth-order valence-electron chi connectivity index (χ4n) is 3.15. The van der Waals surface area contributed by atoms with Gasteiger partial charge in [-0.25, -0.2) is 5.43 Å². The number of aromatic nitrogens is 3. The average Bonchev–Trinajstić information content (AvgIpc) is 3.29. The number of nitrogens with zero attached hydrogens (tertiary/aromatic N) is 4. The summed E-state index contributed by atoms with van der Waals surface area (Å²) in [4.78, 5) is 12.3. The summed E-state index contributed by atoms with van der Waals surface area (Å²) in [6.45, 7) is 2.62. The van der Waals surface area contributed by atoms with Crippen LogP contribution in [0.5, 0.6) is 23.0 Å². The van der Waals surface area contributed by atoms with Gasteiger partial charge in [-0.3, -0.25) is 4.79 Å². The molecule has 34 heavy (non-hydrogen) atoms. The van der Waals surface area contributed by atoms with Gasteiger partial charge in [-0.1, -0.05) is 11.8 Å². The number of thioether (sulfide) groups is 1. The lowest BCUT2D eigenvalue weighted by Crippen LogP contribution is -2.20. The van der Waals surface area contributed by atoms with Crippen molar-refractivity contribution in [1.82, 2.24) is 20.2 Å². The zero-order valence-electron chi connectivity index (χ0n) is 19.7. The smallest absolute Gasteiger partial charge is 0.250 e. The summed E-state index contributed by atoms with van der Waals surface area (Å²) in [7, 11) is 6.31. The van der Waals surface area contributed by atoms with Gasteiger partial charge in [0.25, 0.3) is 5.91 Å². The quantitative estimate of drug-likeness (QED) is 0.250. The molecular weight excluding hydrogens is 458 g/mol. The van der Waals surface area contributed by atoms with Crippen LogP contribution in [0.15, 0.2) is 46.7 Å². The Labute approximate surface area is 202 Å². The monoisotopic (exact) mass is 485 g/mol. The first kappa shape index (κ1) is 24.9. The molecule has 0 atom stereocenters. The summed E-state index contributed by atoms with van der Waals surface area (Å²) >= 11 is 1.28. The van der Waals surface area contributed by atoms with E-state index < -0.39 is 0 Å². The molecule has 180 valence electrons. The van der Waals surface area contributed by atoms with Crippen LogP contribution >= 0.6 is 11.8 Å². The maximum Gasteiger partial charge on any atom is 0.250 e. The van der Waals surface area contributed by atoms with Crippen LogP contribution in [0.2, 0.25) is 0 Å². The maximum absolute atomic E-state index is 12.3. The summed E-state index contributed by atoms with van der Waals surface area (Å²) in [5.41, 5.74) is 4.03. The molecule has 1 heterocycles. The maximum atomic E-state index is 12.3. The summed E-state index contributed by atoms with van der Waals surface area (Å²) < 4.78 is 23.1. The van der Waals surface area contributed by atoms with Crippen molar-refractivity contribution < 1.29 is 23.7 Å². The van der Waals surface area contributed by atoms with Crippen LogP contribution in [0, 0.1) is 0 Å². The molecule has 11 heteroatoms. The van der Waals surface area contributed by atoms with Crippen LogP contribution in [0.1, 0.15) is 12.5 Å². The number of hydrogen-bond acceptors (Lipinski definition) is 9. The van der Waals surface area contributed by atoms with Gasteiger partial charge in [0.2, 0.25) is 0 Å². The molecule has 0 fully saturated rings. The molecule has 0 aliphatic carbocycles. The number of hydrazone groups is 1. The number of carbonyl (C=O) groups is 1. The Morgan fingerprint density at radius 2 is 1.74 bits per heavy atom. The number of hydrogen-bond donors (Lipinski definition) is 1. The van der Waals surface area contributed by atoms with Crippen molar-refractivity contribution in [2.75, 3.05) is 34.2 Å². The van der Waals surface area contributed by atoms with E-state index in [1.165, 1.54) is 18.0 Å². The van der Waals surface area contributed by atoms with Gasteiger partial charge in [0.05, 0.1) is 40.4 Å². The van der Waals surface area contributed by atoms with Gasteiger partial charge in [0.15, 0.2) is 22.5 Å². The van der Waals surface area contributed by atoms with E-state index in [9.17, 15) is 4.79 Å². The van der Waals surface area contributed by atoms with Crippen molar-refractivity contribution in [2.45, 2.75) is 18.6 Å². The van der Waals surface area contributed by atoms with E-state index in [0.29, 0.717) is 46.1 Å². The highest BCUT2D eigenvalue weighted by Crippen LogP contribution is 2.32. The molecule has 0 unspecified atom stereocenters. The van der Waals surface area contributed by atoms with Crippen molar-refractivity contribution in [1.29, 1.82) is 0 Å². The predicted octanol–water partition coefficient (Wildman–Crippen LogP) is 3.24. The van der Waals surface area contributed by atoms with Gasteiger partial charge in [0.1, 0.15) is 11.5 Å². The lowest BCUT2D eigenvalue weighted by molar-refractivity contribution is -0.118. The van der Waals surface area contributed by atoms with Crippen molar-refractivity contribution in [3.8, 4) is 34.4 Å². The standard InChI is InChI=1S/C23H27N5O5S/c1-6-28-22(15-7-9-19(32-4)20(12-15)33-5)26-27-23(28)34-14-21(29)25-24-13-16-11-17(30-2)8-10-18(16)31-3/h7-13H,6,14H2,1-5H3,(H,25,29). The normalized spacial score (nSPS) is 10.9. The summed E-state index contributed by atoms with van der Waals surface area (Å²) in [6, 6.07) is 10.9. The van der Waals surface area contributed by atoms with Crippen molar-refractivity contribution in [3.05, 3.63) is 42.0 Å². The van der Waals surface area contributed by atoms with E-state index in [1.807, 2.05) is 29.7 Å². The van der Waals surface area contributed by atoms with Gasteiger partial charge < -0.3 is 23.5 Å². The first-order valence-electron chi connectivity index (χ1n) is 10.4. The van der Waals surface area contributed by atoms with Gasteiger partial charge in [-0.05, 0) is 43.3 Å². The number of benzene rings is 2. The fourth-order valence-corrected chi connectivity index (χ4v) is 3.94. The second kappa shape index (κ2) is 11.9. The lowest BCUT2D eigenvalue weighted by atomic mass is 10.2. The molecule has 2 aromatic carbocycles. The number of carbonyl (C=O) groups excluding carboxylic acids is 1. The molecule has 0 aliphatic heterocycles. The molecule has 1 N–H and O–H groups in total. The molecule has 1 amide bonds. The third kappa shape index (κ3) is 5.79. The number of nitrogens with one attached hydrogen (secondary N) is 1. The van der Waals surface area contributed by atoms with E-state index in [2.05, 4.69) is 20.7 Å². The minimum atomic E-state index is -0.276. The second-order valence-electron chi connectivity index (χ2n) is 6.81. The Kier molecular flexibility index (Phi) is 8.74. The molecule has 0 aliphatic rings. The molecular formula is C23H27N5O5S. The second-order valence-corrected chi connectivity index (χ2v) is 7.75. The van der Waals surface area contributed by atoms with Crippen molar-refractivity contribution in [2.24, 2.45) is 5.10 Å². The molecule has 0 bridgehead atoms. The van der Waals surface area contributed by atoms with Gasteiger partial charge >= 0.3 is 0 Å². The van der Waals surface area contributed by atoms with Gasteiger partial charge in [-0.15, -0.1) is 10.2 Å². The van der Waals surface area contributed by atoms with Crippen LogP contribution in [0.25, 0.3) is 11.4 Å². The third-order valence-corrected chi connectivity index (χ3v) is 5.80. The largest absolute Gasteiger partial charge is 0.497 e. The van der Waals surface area contributed by atoms with Crippen LogP contribution in [0.3, 0.4) is 0 Å². The summed E-state index contributed by atoms with van der Waals surface area (Å²) in [5.74, 6) is 3.03. The van der Waals surface area contributed by atoms with Crippen LogP contribution in [0.4, 0.5) is 0 Å². The summed E-state index contributed by atoms with van der Waals surface area (Å²) in [6.07, 6.45) is 1.51. The van der Waals surface area contributed by atoms with Gasteiger partial charge in [-0.2, -0.15) is 5.10 Å². The Balaban J connectivity index is 1.66. The highest BCUT2D eigenvalue weighted by atomic mass is 32.2. The molecule has 0 radical (unpaired) electrons. The highest BCUT2D eigenvalue weighted by molar-refractivity contribution is 7.99. The molecule has 0 saturated heterocycles. The minimum Gasteiger partial charge on any atom is -0.497 e. The van der Waals surface area contributed by atoms with E-state index in [-0.39, 0.29) is 11.7 Å². The SMILES string of the molecule is CCn1c(SCC(=O)NN=Cc2cc(OC)ccc2OC)nnc1-c1ccc(OC)c(OC)c1. The van der Waals surface area contributed by atoms with E-state index in [4.69, 9.17) is 18.9 Å². The molecule has 3 aromatic rings. The van der Waals surface area contributed by atoms with E-state index in [1.54, 1.807) is 46.6 Å². The average molecular weight is 486 g/mol. The number of amides is 1. The fraction of sp³-hybridized carbons (Fsp3) is 0.304. The molecule has 10 nitrogen and oxygen atoms in total. The Morgan fingerprint density at radius 3 is 2.41 bits per heavy atom. The first-order valence-corrected chi connectivity index (χ1v) is 11.3. The zero-order chi connectivity index (χ0) is 24.5. The Hall–Kier alpha value is -3.73. The first-order chi connectivity index (χ1) is 16.5. The Morgan fingerprint density at radius 1 is 1.00 bits per heavy atom. The third-order valence-electron chi connectivity index (χ3n) is 4.84. The lowest BCUT2D eigenvalue weighted by Gasteiger charge is -2.10. The van der Waals surface area contributed by atoms with Crippen LogP contribution in [-0.2, 0) is 11.3 Å². The van der Waals surface area contributed by atoms with E-state index in [0.717, 1.165) is 5.56 Å². The van der Waals surface area contributed by atoms with Crippen LogP contribution in [-0.4, -0.2) is 61.1 Å². The highest BCUT2D eigenvalue weighted by Gasteiger charge is 2.16. The van der Waals surface area contributed by atoms with Crippen molar-refractivity contribution in [3.63, 3.8) is 0 Å². The van der Waals surface area contributed by atoms with Crippen molar-refractivity contribution >= 4 is 23.9 Å². The topological polar surface area (TPSA) is 109 Å². The molecule has 0 saturated carbocycles. The summed E-state index contributed by atoms with van der Waals surface area (Å²) in [5, 5.41) is 13.2.